The van der Waals surface area contributed by atoms with Crippen LogP contribution in [0.3, 0.4) is 0 Å². The summed E-state index contributed by atoms with van der Waals surface area (Å²) in [7, 11) is 3.16. The standard InChI is InChI=1S/C22H25N3O6/c1-30-19-7-3-14(10-20(19)31-2)4-8-21(26)23-11-15-9-16(13-23)17-5-6-18(25(28)29)22(27)24(17)12-15/h3,5-7,10,15-16H,4,8-9,11-13H2,1-2H3/t15-,16+/m0/s1. The predicted molar refractivity (Wildman–Crippen MR) is 113 cm³/mol. The summed E-state index contributed by atoms with van der Waals surface area (Å²) >= 11 is 0. The number of likely N-dealkylation sites (tertiary alicyclic amines) is 1. The number of pyridine rings is 1. The molecule has 0 unspecified atom stereocenters. The topological polar surface area (TPSA) is 104 Å². The van der Waals surface area contributed by atoms with Gasteiger partial charge in [0, 0.05) is 43.7 Å². The molecular weight excluding hydrogens is 402 g/mol. The number of ether oxygens (including phenoxy) is 2. The van der Waals surface area contributed by atoms with Crippen LogP contribution in [0.1, 0.15) is 30.0 Å². The number of fused-ring (bicyclic) bond motifs is 4. The van der Waals surface area contributed by atoms with Gasteiger partial charge in [-0.2, -0.15) is 0 Å². The van der Waals surface area contributed by atoms with Crippen molar-refractivity contribution in [3.63, 3.8) is 0 Å². The number of piperidine rings is 1. The number of nitrogens with zero attached hydrogens (tertiary/aromatic N) is 3. The first-order valence-corrected chi connectivity index (χ1v) is 10.3. The van der Waals surface area contributed by atoms with E-state index in [1.807, 2.05) is 23.1 Å². The molecule has 2 aliphatic rings. The molecule has 2 aromatic rings. The Labute approximate surface area is 179 Å². The molecule has 1 saturated heterocycles. The molecule has 0 aliphatic carbocycles. The number of hydrogen-bond donors (Lipinski definition) is 0. The maximum absolute atomic E-state index is 12.9. The minimum Gasteiger partial charge on any atom is -0.493 e. The largest absolute Gasteiger partial charge is 0.493 e. The lowest BCUT2D eigenvalue weighted by Gasteiger charge is -2.42. The van der Waals surface area contributed by atoms with E-state index in [0.717, 1.165) is 17.7 Å². The monoisotopic (exact) mass is 427 g/mol. The number of nitro groups is 1. The molecule has 2 atom stereocenters. The second kappa shape index (κ2) is 8.41. The second-order valence-corrected chi connectivity index (χ2v) is 8.10. The van der Waals surface area contributed by atoms with Gasteiger partial charge in [-0.15, -0.1) is 0 Å². The van der Waals surface area contributed by atoms with Gasteiger partial charge in [0.15, 0.2) is 11.5 Å². The average Bonchev–Trinajstić information content (AvgIpc) is 2.77. The first-order chi connectivity index (χ1) is 14.9. The lowest BCUT2D eigenvalue weighted by Crippen LogP contribution is -2.49. The van der Waals surface area contributed by atoms with Gasteiger partial charge in [-0.05, 0) is 42.5 Å². The van der Waals surface area contributed by atoms with Gasteiger partial charge < -0.3 is 18.9 Å². The summed E-state index contributed by atoms with van der Waals surface area (Å²) in [5.41, 5.74) is 0.827. The van der Waals surface area contributed by atoms with Gasteiger partial charge in [-0.25, -0.2) is 0 Å². The Morgan fingerprint density at radius 3 is 2.61 bits per heavy atom. The minimum atomic E-state index is -0.635. The summed E-state index contributed by atoms with van der Waals surface area (Å²) in [5.74, 6) is 1.50. The maximum atomic E-state index is 12.9. The van der Waals surface area contributed by atoms with Crippen LogP contribution in [0.4, 0.5) is 5.69 Å². The Hall–Kier alpha value is -3.36. The number of rotatable bonds is 6. The van der Waals surface area contributed by atoms with E-state index in [1.165, 1.54) is 10.6 Å². The van der Waals surface area contributed by atoms with Crippen molar-refractivity contribution in [1.29, 1.82) is 0 Å². The van der Waals surface area contributed by atoms with E-state index in [9.17, 15) is 19.7 Å². The molecule has 4 rings (SSSR count). The molecule has 1 aromatic heterocycles. The Balaban J connectivity index is 1.45. The van der Waals surface area contributed by atoms with Gasteiger partial charge in [0.1, 0.15) is 0 Å². The molecule has 0 saturated carbocycles. The zero-order chi connectivity index (χ0) is 22.1. The van der Waals surface area contributed by atoms with Crippen LogP contribution in [-0.2, 0) is 17.8 Å². The van der Waals surface area contributed by atoms with Crippen LogP contribution in [0.5, 0.6) is 11.5 Å². The van der Waals surface area contributed by atoms with Gasteiger partial charge in [0.05, 0.1) is 19.1 Å². The van der Waals surface area contributed by atoms with Crippen molar-refractivity contribution in [3.05, 3.63) is 62.1 Å². The lowest BCUT2D eigenvalue weighted by atomic mass is 9.83. The summed E-state index contributed by atoms with van der Waals surface area (Å²) in [5, 5.41) is 11.1. The fourth-order valence-electron chi connectivity index (χ4n) is 4.72. The summed E-state index contributed by atoms with van der Waals surface area (Å²) in [6.45, 7) is 1.50. The first kappa shape index (κ1) is 20.9. The fraction of sp³-hybridized carbons (Fsp3) is 0.455. The van der Waals surface area contributed by atoms with E-state index < -0.39 is 16.2 Å². The number of carbonyl (C=O) groups is 1. The first-order valence-electron chi connectivity index (χ1n) is 10.3. The van der Waals surface area contributed by atoms with Crippen molar-refractivity contribution >= 4 is 11.6 Å². The van der Waals surface area contributed by atoms with E-state index >= 15 is 0 Å². The number of carbonyl (C=O) groups excluding carboxylic acids is 1. The van der Waals surface area contributed by atoms with Crippen molar-refractivity contribution in [2.75, 3.05) is 27.3 Å². The molecule has 0 spiro atoms. The molecule has 9 heteroatoms. The molecule has 9 nitrogen and oxygen atoms in total. The molecule has 0 radical (unpaired) electrons. The highest BCUT2D eigenvalue weighted by atomic mass is 16.6. The third kappa shape index (κ3) is 3.99. The predicted octanol–water partition coefficient (Wildman–Crippen LogP) is 2.35. The summed E-state index contributed by atoms with van der Waals surface area (Å²) in [4.78, 5) is 37.7. The second-order valence-electron chi connectivity index (χ2n) is 8.10. The van der Waals surface area contributed by atoms with Gasteiger partial charge in [0.2, 0.25) is 5.91 Å². The van der Waals surface area contributed by atoms with Crippen molar-refractivity contribution in [2.45, 2.75) is 31.7 Å². The molecule has 1 aromatic carbocycles. The van der Waals surface area contributed by atoms with Crippen LogP contribution in [0.25, 0.3) is 0 Å². The third-order valence-electron chi connectivity index (χ3n) is 6.21. The van der Waals surface area contributed by atoms with Gasteiger partial charge in [0.25, 0.3) is 0 Å². The molecule has 2 bridgehead atoms. The molecule has 1 amide bonds. The number of amides is 1. The zero-order valence-electron chi connectivity index (χ0n) is 17.6. The molecule has 1 fully saturated rings. The Bertz CT molecular complexity index is 1080. The van der Waals surface area contributed by atoms with Gasteiger partial charge >= 0.3 is 11.2 Å². The molecule has 31 heavy (non-hydrogen) atoms. The normalized spacial score (nSPS) is 19.5. The van der Waals surface area contributed by atoms with E-state index in [1.54, 1.807) is 20.3 Å². The Morgan fingerprint density at radius 2 is 1.90 bits per heavy atom. The number of methoxy groups -OCH3 is 2. The van der Waals surface area contributed by atoms with E-state index in [2.05, 4.69) is 0 Å². The van der Waals surface area contributed by atoms with Crippen molar-refractivity contribution < 1.29 is 19.2 Å². The zero-order valence-corrected chi connectivity index (χ0v) is 17.6. The molecular formula is C22H25N3O6. The van der Waals surface area contributed by atoms with Crippen molar-refractivity contribution in [2.24, 2.45) is 5.92 Å². The highest BCUT2D eigenvalue weighted by molar-refractivity contribution is 5.76. The summed E-state index contributed by atoms with van der Waals surface area (Å²) < 4.78 is 12.1. The highest BCUT2D eigenvalue weighted by Crippen LogP contribution is 2.36. The van der Waals surface area contributed by atoms with Crippen LogP contribution in [0.15, 0.2) is 35.1 Å². The molecule has 3 heterocycles. The summed E-state index contributed by atoms with van der Waals surface area (Å²) in [6.07, 6.45) is 1.85. The number of benzene rings is 1. The van der Waals surface area contributed by atoms with Crippen molar-refractivity contribution in [3.8, 4) is 11.5 Å². The lowest BCUT2D eigenvalue weighted by molar-refractivity contribution is -0.386. The average molecular weight is 427 g/mol. The third-order valence-corrected chi connectivity index (χ3v) is 6.21. The number of aryl methyl sites for hydroxylation is 1. The van der Waals surface area contributed by atoms with Crippen LogP contribution in [0.2, 0.25) is 0 Å². The number of hydrogen-bond acceptors (Lipinski definition) is 6. The smallest absolute Gasteiger partial charge is 0.334 e. The number of aromatic nitrogens is 1. The Kier molecular flexibility index (Phi) is 5.67. The molecule has 2 aliphatic heterocycles. The highest BCUT2D eigenvalue weighted by Gasteiger charge is 2.37. The quantitative estimate of drug-likeness (QED) is 0.518. The van der Waals surface area contributed by atoms with Crippen LogP contribution >= 0.6 is 0 Å². The SMILES string of the molecule is COc1ccc(CCC(=O)N2C[C@@H]3C[C@H](C2)c2ccc([N+](=O)[O-])c(=O)n2C3)cc1OC. The molecule has 0 N–H and O–H groups in total. The Morgan fingerprint density at radius 1 is 1.13 bits per heavy atom. The van der Waals surface area contributed by atoms with Gasteiger partial charge in [-0.3, -0.25) is 19.7 Å². The van der Waals surface area contributed by atoms with Crippen LogP contribution in [0, 0.1) is 16.0 Å². The maximum Gasteiger partial charge on any atom is 0.334 e. The van der Waals surface area contributed by atoms with E-state index in [-0.39, 0.29) is 17.7 Å². The molecule has 164 valence electrons. The van der Waals surface area contributed by atoms with Crippen molar-refractivity contribution in [1.82, 2.24) is 9.47 Å². The van der Waals surface area contributed by atoms with Crippen LogP contribution in [-0.4, -0.2) is 47.6 Å². The fourth-order valence-corrected chi connectivity index (χ4v) is 4.72. The van der Waals surface area contributed by atoms with Crippen LogP contribution < -0.4 is 15.0 Å². The summed E-state index contributed by atoms with van der Waals surface area (Å²) in [6, 6.07) is 8.59. The van der Waals surface area contributed by atoms with E-state index in [0.29, 0.717) is 44.0 Å². The minimum absolute atomic E-state index is 0.0195. The van der Waals surface area contributed by atoms with Gasteiger partial charge in [-0.1, -0.05) is 6.07 Å². The van der Waals surface area contributed by atoms with E-state index in [4.69, 9.17) is 9.47 Å².